The molecule has 3 aliphatic rings. The van der Waals surface area contributed by atoms with Crippen LogP contribution in [0.2, 0.25) is 0 Å². The summed E-state index contributed by atoms with van der Waals surface area (Å²) >= 11 is 0. The Labute approximate surface area is 206 Å². The van der Waals surface area contributed by atoms with Gasteiger partial charge in [0.1, 0.15) is 23.9 Å². The molecule has 3 aromatic rings. The average molecular weight is 522 g/mol. The van der Waals surface area contributed by atoms with E-state index < -0.39 is 40.7 Å². The second-order valence-electron chi connectivity index (χ2n) is 9.36. The van der Waals surface area contributed by atoms with Gasteiger partial charge in [-0.05, 0) is 30.7 Å². The quantitative estimate of drug-likeness (QED) is 0.469. The molecule has 0 unspecified atom stereocenters. The van der Waals surface area contributed by atoms with Crippen molar-refractivity contribution in [3.8, 4) is 17.4 Å². The highest BCUT2D eigenvalue weighted by Gasteiger charge is 2.57. The number of hydrogen-bond donors (Lipinski definition) is 0. The highest BCUT2D eigenvalue weighted by atomic mass is 19.4. The Morgan fingerprint density at radius 2 is 1.97 bits per heavy atom. The minimum absolute atomic E-state index is 0.0506. The largest absolute Gasteiger partial charge is 0.472 e. The molecule has 3 aliphatic heterocycles. The van der Waals surface area contributed by atoms with E-state index in [4.69, 9.17) is 14.2 Å². The van der Waals surface area contributed by atoms with Gasteiger partial charge in [0.15, 0.2) is 17.4 Å². The maximum absolute atomic E-state index is 14.7. The van der Waals surface area contributed by atoms with Gasteiger partial charge < -0.3 is 19.1 Å². The van der Waals surface area contributed by atoms with Gasteiger partial charge in [0.05, 0.1) is 30.4 Å². The Balaban J connectivity index is 1.22. The van der Waals surface area contributed by atoms with Crippen LogP contribution in [0.15, 0.2) is 35.3 Å². The number of halogens is 5. The molecule has 13 heteroatoms. The summed E-state index contributed by atoms with van der Waals surface area (Å²) in [5, 5.41) is 0. The molecule has 0 amide bonds. The van der Waals surface area contributed by atoms with Crippen LogP contribution in [-0.4, -0.2) is 39.3 Å². The van der Waals surface area contributed by atoms with Crippen molar-refractivity contribution in [2.45, 2.75) is 44.3 Å². The standard InChI is InChI=1S/C24H19F5N4O4/c1-12-20(31-22(34)32-10-23-7-15(36-11-23)8-33(23)21(12)32)35-9-13-4-16(25)19(17(26)5-13)37-14-2-3-30-18(6-14)24(27,28)29/h2-6,15H,7-11H2,1H3/t15-,23+/m0/s1. The van der Waals surface area contributed by atoms with Gasteiger partial charge in [0.2, 0.25) is 5.88 Å². The van der Waals surface area contributed by atoms with Gasteiger partial charge in [-0.1, -0.05) is 0 Å². The fourth-order valence-electron chi connectivity index (χ4n) is 5.26. The highest BCUT2D eigenvalue weighted by Crippen LogP contribution is 2.48. The van der Waals surface area contributed by atoms with Gasteiger partial charge >= 0.3 is 11.9 Å². The van der Waals surface area contributed by atoms with Gasteiger partial charge in [-0.15, -0.1) is 0 Å². The third-order valence-electron chi connectivity index (χ3n) is 6.88. The normalized spacial score (nSPS) is 21.8. The van der Waals surface area contributed by atoms with Gasteiger partial charge in [-0.2, -0.15) is 18.2 Å². The van der Waals surface area contributed by atoms with Gasteiger partial charge in [-0.3, -0.25) is 9.55 Å². The molecule has 37 heavy (non-hydrogen) atoms. The molecule has 0 radical (unpaired) electrons. The summed E-state index contributed by atoms with van der Waals surface area (Å²) in [5.41, 5.74) is -1.31. The SMILES string of the molecule is Cc1c(OCc2cc(F)c(Oc3ccnc(C(F)(F)F)c3)c(F)c2)nc(=O)n2c1N1C[C@@H]3C[C@]1(CO3)C2. The molecule has 5 heterocycles. The minimum Gasteiger partial charge on any atom is -0.472 e. The summed E-state index contributed by atoms with van der Waals surface area (Å²) in [6.07, 6.45) is -2.98. The lowest BCUT2D eigenvalue weighted by atomic mass is 10.0. The number of anilines is 1. The van der Waals surface area contributed by atoms with Crippen molar-refractivity contribution in [2.75, 3.05) is 18.1 Å². The highest BCUT2D eigenvalue weighted by molar-refractivity contribution is 5.59. The molecule has 2 atom stereocenters. The number of hydrogen-bond acceptors (Lipinski definition) is 7. The van der Waals surface area contributed by atoms with E-state index in [-0.39, 0.29) is 29.7 Å². The zero-order chi connectivity index (χ0) is 26.1. The molecule has 194 valence electrons. The minimum atomic E-state index is -4.74. The number of alkyl halides is 3. The number of pyridine rings is 1. The summed E-state index contributed by atoms with van der Waals surface area (Å²) in [7, 11) is 0. The van der Waals surface area contributed by atoms with Crippen LogP contribution in [-0.2, 0) is 24.1 Å². The van der Waals surface area contributed by atoms with Crippen LogP contribution >= 0.6 is 0 Å². The first-order chi connectivity index (χ1) is 17.5. The van der Waals surface area contributed by atoms with Crippen LogP contribution in [0.1, 0.15) is 23.2 Å². The van der Waals surface area contributed by atoms with E-state index in [0.29, 0.717) is 37.1 Å². The van der Waals surface area contributed by atoms with Crippen molar-refractivity contribution in [1.29, 1.82) is 0 Å². The van der Waals surface area contributed by atoms with Gasteiger partial charge in [-0.25, -0.2) is 13.6 Å². The molecule has 2 fully saturated rings. The lowest BCUT2D eigenvalue weighted by Gasteiger charge is -2.32. The van der Waals surface area contributed by atoms with Crippen molar-refractivity contribution in [2.24, 2.45) is 0 Å². The van der Waals surface area contributed by atoms with Crippen LogP contribution in [0.25, 0.3) is 0 Å². The number of fused-ring (bicyclic) bond motifs is 3. The first kappa shape index (κ1) is 23.6. The third-order valence-corrected chi connectivity index (χ3v) is 6.88. The van der Waals surface area contributed by atoms with Crippen molar-refractivity contribution in [1.82, 2.24) is 14.5 Å². The van der Waals surface area contributed by atoms with E-state index >= 15 is 0 Å². The zero-order valence-corrected chi connectivity index (χ0v) is 19.3. The van der Waals surface area contributed by atoms with Crippen LogP contribution in [0, 0.1) is 18.6 Å². The number of ether oxygens (including phenoxy) is 3. The predicted octanol–water partition coefficient (Wildman–Crippen LogP) is 3.98. The number of nitrogens with zero attached hydrogens (tertiary/aromatic N) is 4. The van der Waals surface area contributed by atoms with Crippen molar-refractivity contribution in [3.05, 3.63) is 69.4 Å². The number of benzene rings is 1. The van der Waals surface area contributed by atoms with Gasteiger partial charge in [0.25, 0.3) is 0 Å². The Morgan fingerprint density at radius 3 is 2.68 bits per heavy atom. The molecule has 0 N–H and O–H groups in total. The molecule has 2 bridgehead atoms. The van der Waals surface area contributed by atoms with E-state index in [2.05, 4.69) is 14.9 Å². The fourth-order valence-corrected chi connectivity index (χ4v) is 5.26. The Bertz CT molecular complexity index is 1450. The average Bonchev–Trinajstić information content (AvgIpc) is 3.50. The van der Waals surface area contributed by atoms with Crippen molar-refractivity contribution < 1.29 is 36.2 Å². The van der Waals surface area contributed by atoms with Crippen molar-refractivity contribution >= 4 is 5.82 Å². The molecular formula is C24H19F5N4O4. The Kier molecular flexibility index (Phi) is 5.20. The number of aromatic nitrogens is 3. The van der Waals surface area contributed by atoms with E-state index in [1.165, 1.54) is 0 Å². The number of morpholine rings is 1. The molecule has 2 saturated heterocycles. The summed E-state index contributed by atoms with van der Waals surface area (Å²) < 4.78 is 86.0. The third kappa shape index (κ3) is 3.88. The van der Waals surface area contributed by atoms with Crippen LogP contribution in [0.5, 0.6) is 17.4 Å². The van der Waals surface area contributed by atoms with Crippen LogP contribution in [0.4, 0.5) is 27.8 Å². The molecule has 2 aromatic heterocycles. The first-order valence-electron chi connectivity index (χ1n) is 11.4. The Hall–Kier alpha value is -3.74. The van der Waals surface area contributed by atoms with Crippen LogP contribution < -0.4 is 20.1 Å². The van der Waals surface area contributed by atoms with Gasteiger partial charge in [0, 0.05) is 25.2 Å². The maximum Gasteiger partial charge on any atom is 0.433 e. The predicted molar refractivity (Wildman–Crippen MR) is 118 cm³/mol. The lowest BCUT2D eigenvalue weighted by molar-refractivity contribution is -0.141. The molecule has 1 aromatic carbocycles. The summed E-state index contributed by atoms with van der Waals surface area (Å²) in [6.45, 7) is 3.12. The van der Waals surface area contributed by atoms with Crippen molar-refractivity contribution in [3.63, 3.8) is 0 Å². The lowest BCUT2D eigenvalue weighted by Crippen LogP contribution is -2.46. The molecule has 1 spiro atoms. The Morgan fingerprint density at radius 1 is 1.22 bits per heavy atom. The second kappa shape index (κ2) is 8.13. The van der Waals surface area contributed by atoms with E-state index in [9.17, 15) is 26.7 Å². The maximum atomic E-state index is 14.7. The first-order valence-corrected chi connectivity index (χ1v) is 11.4. The molecule has 0 aliphatic carbocycles. The molecule has 8 nitrogen and oxygen atoms in total. The van der Waals surface area contributed by atoms with Crippen LogP contribution in [0.3, 0.4) is 0 Å². The molecule has 6 rings (SSSR count). The monoisotopic (exact) mass is 522 g/mol. The fraction of sp³-hybridized carbons (Fsp3) is 0.375. The molecular weight excluding hydrogens is 503 g/mol. The van der Waals surface area contributed by atoms with E-state index in [0.717, 1.165) is 30.8 Å². The summed E-state index contributed by atoms with van der Waals surface area (Å²) in [6, 6.07) is 3.46. The molecule has 0 saturated carbocycles. The zero-order valence-electron chi connectivity index (χ0n) is 19.3. The van der Waals surface area contributed by atoms with E-state index in [1.807, 2.05) is 0 Å². The summed E-state index contributed by atoms with van der Waals surface area (Å²) in [5.74, 6) is -2.83. The smallest absolute Gasteiger partial charge is 0.433 e. The number of rotatable bonds is 5. The second-order valence-corrected chi connectivity index (χ2v) is 9.36. The van der Waals surface area contributed by atoms with E-state index in [1.54, 1.807) is 11.5 Å². The summed E-state index contributed by atoms with van der Waals surface area (Å²) in [4.78, 5) is 22.1. The topological polar surface area (TPSA) is 78.7 Å².